The second-order valence-electron chi connectivity index (χ2n) is 16.6. The Morgan fingerprint density at radius 3 is 2.14 bits per heavy atom. The summed E-state index contributed by atoms with van der Waals surface area (Å²) < 4.78 is 12.2. The number of hydrogen-bond donors (Lipinski definition) is 5. The van der Waals surface area contributed by atoms with Crippen molar-refractivity contribution in [1.82, 2.24) is 0 Å². The fourth-order valence-corrected chi connectivity index (χ4v) is 11.5. The second kappa shape index (κ2) is 11.8. The smallest absolute Gasteiger partial charge is 0.186 e. The molecular weight excluding hydrogens is 544 g/mol. The molecule has 7 heteroatoms. The zero-order valence-corrected chi connectivity index (χ0v) is 27.9. The van der Waals surface area contributed by atoms with Gasteiger partial charge in [0.1, 0.15) is 24.4 Å². The van der Waals surface area contributed by atoms with Gasteiger partial charge < -0.3 is 35.0 Å². The highest BCUT2D eigenvalue weighted by Gasteiger charge is 2.70. The van der Waals surface area contributed by atoms with Gasteiger partial charge in [0.25, 0.3) is 0 Å². The summed E-state index contributed by atoms with van der Waals surface area (Å²) in [4.78, 5) is 0. The first kappa shape index (κ1) is 33.6. The van der Waals surface area contributed by atoms with Gasteiger partial charge in [-0.2, -0.15) is 0 Å². The monoisotopic (exact) mass is 604 g/mol. The first-order valence-corrected chi connectivity index (χ1v) is 17.0. The normalized spacial score (nSPS) is 51.3. The minimum atomic E-state index is -1.44. The largest absolute Gasteiger partial charge is 0.394 e. The third kappa shape index (κ3) is 5.21. The molecule has 5 rings (SSSR count). The molecule has 7 nitrogen and oxygen atoms in total. The molecule has 1 aliphatic heterocycles. The summed E-state index contributed by atoms with van der Waals surface area (Å²) in [7, 11) is 0. The lowest BCUT2D eigenvalue weighted by atomic mass is 9.35. The summed E-state index contributed by atoms with van der Waals surface area (Å²) in [6, 6.07) is 0. The Bertz CT molecular complexity index is 1080. The first-order chi connectivity index (χ1) is 20.0. The average molecular weight is 605 g/mol. The van der Waals surface area contributed by atoms with Gasteiger partial charge in [-0.3, -0.25) is 0 Å². The molecule has 43 heavy (non-hydrogen) atoms. The van der Waals surface area contributed by atoms with E-state index in [9.17, 15) is 25.5 Å². The van der Waals surface area contributed by atoms with Crippen molar-refractivity contribution in [3.8, 4) is 0 Å². The Balaban J connectivity index is 1.38. The van der Waals surface area contributed by atoms with E-state index in [0.717, 1.165) is 51.4 Å². The van der Waals surface area contributed by atoms with Gasteiger partial charge in [-0.1, -0.05) is 57.9 Å². The molecule has 5 N–H and O–H groups in total. The van der Waals surface area contributed by atoms with Crippen LogP contribution < -0.4 is 0 Å². The van der Waals surface area contributed by atoms with E-state index in [1.807, 2.05) is 0 Å². The van der Waals surface area contributed by atoms with Gasteiger partial charge in [0.05, 0.1) is 18.8 Å². The van der Waals surface area contributed by atoms with Crippen LogP contribution in [0.2, 0.25) is 0 Å². The molecule has 0 radical (unpaired) electrons. The summed E-state index contributed by atoms with van der Waals surface area (Å²) in [5, 5.41) is 52.9. The molecule has 1 saturated heterocycles. The zero-order valence-electron chi connectivity index (χ0n) is 27.9. The summed E-state index contributed by atoms with van der Waals surface area (Å²) in [5.74, 6) is 1.48. The molecule has 5 aliphatic rings. The number of ether oxygens (including phenoxy) is 2. The van der Waals surface area contributed by atoms with E-state index < -0.39 is 37.3 Å². The Morgan fingerprint density at radius 1 is 0.814 bits per heavy atom. The van der Waals surface area contributed by atoms with E-state index in [4.69, 9.17) is 9.47 Å². The summed E-state index contributed by atoms with van der Waals surface area (Å²) in [5.41, 5.74) is 2.80. The second-order valence-corrected chi connectivity index (χ2v) is 16.6. The highest BCUT2D eigenvalue weighted by Crippen LogP contribution is 2.75. The van der Waals surface area contributed by atoms with Crippen LogP contribution in [-0.2, 0) is 9.47 Å². The molecule has 246 valence electrons. The SMILES string of the molecule is CC(C)=CCC=C(C)[C@H]1CC[C@@]2(C)[C@@H]1[C@@H](O)CC1[C@@]3(C)CCC(O[C@@H]4O[C@H](CO)[C@@H](O)[C@H](O)[C@H]4O)C(C)(C)C3CC[C@]12C. The fraction of sp³-hybridized carbons (Fsp3) is 0.889. The maximum Gasteiger partial charge on any atom is 0.186 e. The number of allylic oxidation sites excluding steroid dienone is 4. The van der Waals surface area contributed by atoms with Crippen molar-refractivity contribution in [2.45, 2.75) is 150 Å². The standard InChI is InChI=1S/C36H60O7/c1-20(2)10-9-11-21(3)22-12-16-36(8)28(22)23(38)18-26-34(6)15-14-27(33(4,5)25(34)13-17-35(26,36)7)43-32-31(41)30(40)29(39)24(19-37)42-32/h10-11,22-32,37-41H,9,12-19H2,1-8H3/t22-,23+,24-,25?,26?,27?,28+,29-,30+,31-,32+,34+,35-,36+/m1/s1. The zero-order chi connectivity index (χ0) is 31.7. The van der Waals surface area contributed by atoms with Gasteiger partial charge in [-0.05, 0) is 117 Å². The van der Waals surface area contributed by atoms with E-state index in [1.165, 1.54) is 11.1 Å². The highest BCUT2D eigenvalue weighted by molar-refractivity contribution is 5.23. The van der Waals surface area contributed by atoms with Crippen molar-refractivity contribution in [3.05, 3.63) is 23.3 Å². The lowest BCUT2D eigenvalue weighted by molar-refractivity contribution is -0.331. The van der Waals surface area contributed by atoms with Crippen molar-refractivity contribution < 1.29 is 35.0 Å². The van der Waals surface area contributed by atoms with Crippen molar-refractivity contribution in [1.29, 1.82) is 0 Å². The number of aliphatic hydroxyl groups excluding tert-OH is 5. The Labute approximate surface area is 259 Å². The van der Waals surface area contributed by atoms with E-state index >= 15 is 0 Å². The topological polar surface area (TPSA) is 120 Å². The fourth-order valence-electron chi connectivity index (χ4n) is 11.5. The molecule has 0 aromatic heterocycles. The van der Waals surface area contributed by atoms with Crippen LogP contribution in [0.25, 0.3) is 0 Å². The number of fused-ring (bicyclic) bond motifs is 5. The lowest BCUT2D eigenvalue weighted by Gasteiger charge is -2.70. The van der Waals surface area contributed by atoms with Crippen LogP contribution in [0, 0.1) is 45.3 Å². The van der Waals surface area contributed by atoms with Crippen molar-refractivity contribution in [2.24, 2.45) is 45.3 Å². The van der Waals surface area contributed by atoms with Gasteiger partial charge in [0, 0.05) is 0 Å². The van der Waals surface area contributed by atoms with Gasteiger partial charge in [-0.15, -0.1) is 0 Å². The maximum atomic E-state index is 12.0. The van der Waals surface area contributed by atoms with Gasteiger partial charge in [0.15, 0.2) is 6.29 Å². The van der Waals surface area contributed by atoms with Crippen LogP contribution in [0.1, 0.15) is 107 Å². The summed E-state index contributed by atoms with van der Waals surface area (Å²) in [6.45, 7) is 18.2. The van der Waals surface area contributed by atoms with Crippen LogP contribution in [0.3, 0.4) is 0 Å². The molecule has 0 bridgehead atoms. The van der Waals surface area contributed by atoms with Crippen molar-refractivity contribution in [3.63, 3.8) is 0 Å². The average Bonchev–Trinajstić information content (AvgIpc) is 3.31. The molecule has 3 unspecified atom stereocenters. The molecule has 5 fully saturated rings. The van der Waals surface area contributed by atoms with E-state index in [2.05, 4.69) is 67.5 Å². The third-order valence-corrected chi connectivity index (χ3v) is 14.0. The Kier molecular flexibility index (Phi) is 9.19. The third-order valence-electron chi connectivity index (χ3n) is 14.0. The summed E-state index contributed by atoms with van der Waals surface area (Å²) in [6.07, 6.45) is 5.90. The molecule has 14 atom stereocenters. The predicted molar refractivity (Wildman–Crippen MR) is 167 cm³/mol. The molecule has 0 spiro atoms. The summed E-state index contributed by atoms with van der Waals surface area (Å²) >= 11 is 0. The molecule has 1 heterocycles. The van der Waals surface area contributed by atoms with Gasteiger partial charge in [-0.25, -0.2) is 0 Å². The molecule has 0 aromatic rings. The van der Waals surface area contributed by atoms with Crippen LogP contribution in [0.4, 0.5) is 0 Å². The quantitative estimate of drug-likeness (QED) is 0.211. The molecule has 0 amide bonds. The van der Waals surface area contributed by atoms with E-state index in [1.54, 1.807) is 0 Å². The first-order valence-electron chi connectivity index (χ1n) is 17.0. The van der Waals surface area contributed by atoms with E-state index in [0.29, 0.717) is 17.8 Å². The lowest BCUT2D eigenvalue weighted by Crippen LogP contribution is -2.67. The number of hydrogen-bond acceptors (Lipinski definition) is 7. The number of aliphatic hydroxyl groups is 5. The van der Waals surface area contributed by atoms with Crippen LogP contribution in [-0.4, -0.2) is 75.1 Å². The minimum Gasteiger partial charge on any atom is -0.394 e. The Hall–Kier alpha value is -0.800. The van der Waals surface area contributed by atoms with Gasteiger partial charge in [0.2, 0.25) is 0 Å². The van der Waals surface area contributed by atoms with Crippen molar-refractivity contribution in [2.75, 3.05) is 6.61 Å². The van der Waals surface area contributed by atoms with Crippen LogP contribution >= 0.6 is 0 Å². The van der Waals surface area contributed by atoms with E-state index in [-0.39, 0.29) is 39.8 Å². The van der Waals surface area contributed by atoms with Crippen LogP contribution in [0.5, 0.6) is 0 Å². The molecular formula is C36H60O7. The Morgan fingerprint density at radius 2 is 1.49 bits per heavy atom. The van der Waals surface area contributed by atoms with Gasteiger partial charge >= 0.3 is 0 Å². The number of rotatable bonds is 6. The molecule has 4 aliphatic carbocycles. The highest BCUT2D eigenvalue weighted by atomic mass is 16.7. The minimum absolute atomic E-state index is 0.0348. The molecule has 4 saturated carbocycles. The molecule has 0 aromatic carbocycles. The van der Waals surface area contributed by atoms with Crippen molar-refractivity contribution >= 4 is 0 Å². The van der Waals surface area contributed by atoms with Crippen LogP contribution in [0.15, 0.2) is 23.3 Å². The predicted octanol–water partition coefficient (Wildman–Crippen LogP) is 5.13. The maximum absolute atomic E-state index is 12.0.